The summed E-state index contributed by atoms with van der Waals surface area (Å²) >= 11 is 0. The number of nitrogens with two attached hydrogens (primary N) is 1. The van der Waals surface area contributed by atoms with Crippen molar-refractivity contribution in [3.8, 4) is 0 Å². The van der Waals surface area contributed by atoms with Crippen LogP contribution in [0.5, 0.6) is 0 Å². The molecule has 0 amide bonds. The molecule has 2 aliphatic rings. The standard InChI is InChI=1S/C25H31BNO3P/c26-24-3-1-2-18(15-24)4-5-19-6-7-21-16-22(9-8-20(21)14-19)23-10-11-25(27,17-23)12-13-30-31(28)29/h1-3,8-9,15-16,19,23H,4-7,10-14,17,27H2/p+1/t19?,23-,25-/m0/s1. The summed E-state index contributed by atoms with van der Waals surface area (Å²) in [6, 6.07) is 15.3. The fraction of sp³-hybridized carbons (Fsp3) is 0.520. The molecule has 4 nitrogen and oxygen atoms in total. The van der Waals surface area contributed by atoms with Crippen molar-refractivity contribution in [2.45, 2.75) is 69.2 Å². The van der Waals surface area contributed by atoms with Gasteiger partial charge in [-0.05, 0) is 91.9 Å². The van der Waals surface area contributed by atoms with E-state index in [0.717, 1.165) is 43.5 Å². The van der Waals surface area contributed by atoms with Crippen molar-refractivity contribution >= 4 is 21.6 Å². The summed E-state index contributed by atoms with van der Waals surface area (Å²) in [5.41, 5.74) is 12.9. The molecule has 3 N–H and O–H groups in total. The number of hydrogen-bond acceptors (Lipinski definition) is 3. The Morgan fingerprint density at radius 3 is 2.87 bits per heavy atom. The summed E-state index contributed by atoms with van der Waals surface area (Å²) in [7, 11) is 3.38. The summed E-state index contributed by atoms with van der Waals surface area (Å²) < 4.78 is 15.6. The zero-order chi connectivity index (χ0) is 21.8. The van der Waals surface area contributed by atoms with Crippen LogP contribution in [0.2, 0.25) is 0 Å². The van der Waals surface area contributed by atoms with E-state index in [0.29, 0.717) is 12.3 Å². The molecule has 0 saturated heterocycles. The van der Waals surface area contributed by atoms with Crippen molar-refractivity contribution in [1.82, 2.24) is 0 Å². The van der Waals surface area contributed by atoms with Gasteiger partial charge >= 0.3 is 8.25 Å². The third-order valence-electron chi connectivity index (χ3n) is 7.27. The highest BCUT2D eigenvalue weighted by atomic mass is 31.1. The van der Waals surface area contributed by atoms with Crippen LogP contribution in [0.15, 0.2) is 42.5 Å². The Hall–Kier alpha value is -1.52. The summed E-state index contributed by atoms with van der Waals surface area (Å²) in [6.07, 6.45) is 9.44. The molecule has 4 atom stereocenters. The maximum atomic E-state index is 10.7. The predicted molar refractivity (Wildman–Crippen MR) is 126 cm³/mol. The number of hydrogen-bond donors (Lipinski definition) is 2. The largest absolute Gasteiger partial charge is 0.694 e. The van der Waals surface area contributed by atoms with Gasteiger partial charge in [-0.15, -0.1) is 9.42 Å². The van der Waals surface area contributed by atoms with Gasteiger partial charge in [0.15, 0.2) is 0 Å². The van der Waals surface area contributed by atoms with Crippen LogP contribution in [-0.4, -0.2) is 24.9 Å². The lowest BCUT2D eigenvalue weighted by Crippen LogP contribution is -2.37. The van der Waals surface area contributed by atoms with E-state index in [9.17, 15) is 4.57 Å². The molecule has 31 heavy (non-hydrogen) atoms. The molecular weight excluding hydrogens is 404 g/mol. The summed E-state index contributed by atoms with van der Waals surface area (Å²) in [5.74, 6) is 1.21. The van der Waals surface area contributed by atoms with E-state index in [1.165, 1.54) is 41.5 Å². The smallest absolute Gasteiger partial charge is 0.325 e. The third kappa shape index (κ3) is 6.05. The minimum atomic E-state index is -2.54. The van der Waals surface area contributed by atoms with Crippen molar-refractivity contribution in [2.75, 3.05) is 6.61 Å². The van der Waals surface area contributed by atoms with E-state index in [1.54, 1.807) is 0 Å². The molecule has 0 aromatic heterocycles. The van der Waals surface area contributed by atoms with Crippen molar-refractivity contribution in [1.29, 1.82) is 0 Å². The Bertz CT molecular complexity index is 937. The monoisotopic (exact) mass is 436 g/mol. The molecule has 2 aliphatic carbocycles. The van der Waals surface area contributed by atoms with Crippen LogP contribution < -0.4 is 11.2 Å². The van der Waals surface area contributed by atoms with Crippen LogP contribution in [0, 0.1) is 5.92 Å². The van der Waals surface area contributed by atoms with E-state index in [2.05, 4.69) is 30.3 Å². The predicted octanol–water partition coefficient (Wildman–Crippen LogP) is 4.24. The normalized spacial score (nSPS) is 25.9. The second-order valence-electron chi connectivity index (χ2n) is 9.54. The number of fused-ring (bicyclic) bond motifs is 1. The molecule has 0 bridgehead atoms. The first-order chi connectivity index (χ1) is 14.9. The number of benzene rings is 2. The van der Waals surface area contributed by atoms with E-state index >= 15 is 0 Å². The average Bonchev–Trinajstić information content (AvgIpc) is 3.13. The van der Waals surface area contributed by atoms with Gasteiger partial charge in [0.25, 0.3) is 0 Å². The van der Waals surface area contributed by atoms with Gasteiger partial charge in [0.2, 0.25) is 0 Å². The molecule has 0 spiro atoms. The molecule has 6 heteroatoms. The van der Waals surface area contributed by atoms with Gasteiger partial charge in [-0.1, -0.05) is 47.9 Å². The molecule has 1 saturated carbocycles. The van der Waals surface area contributed by atoms with Gasteiger partial charge in [0, 0.05) is 10.1 Å². The highest BCUT2D eigenvalue weighted by molar-refractivity contribution is 7.32. The van der Waals surface area contributed by atoms with Crippen molar-refractivity contribution in [2.24, 2.45) is 11.7 Å². The minimum Gasteiger partial charge on any atom is -0.325 e. The molecule has 2 aromatic carbocycles. The molecule has 2 unspecified atom stereocenters. The van der Waals surface area contributed by atoms with Gasteiger partial charge in [0.05, 0.1) is 0 Å². The Morgan fingerprint density at radius 1 is 1.19 bits per heavy atom. The van der Waals surface area contributed by atoms with Gasteiger partial charge < -0.3 is 5.73 Å². The van der Waals surface area contributed by atoms with Crippen LogP contribution in [0.1, 0.15) is 66.7 Å². The lowest BCUT2D eigenvalue weighted by Gasteiger charge is -2.26. The zero-order valence-corrected chi connectivity index (χ0v) is 19.0. The van der Waals surface area contributed by atoms with Gasteiger partial charge in [-0.2, -0.15) is 0 Å². The molecule has 4 rings (SSSR count). The SMILES string of the molecule is [B]c1cccc(CCC2CCc3cc([C@H]4CC[C@](N)(CCO[P+](=O)O)C4)ccc3C2)c1. The number of rotatable bonds is 8. The first kappa shape index (κ1) is 22.7. The van der Waals surface area contributed by atoms with Crippen molar-refractivity contribution in [3.63, 3.8) is 0 Å². The molecule has 0 aliphatic heterocycles. The molecule has 2 radical (unpaired) electrons. The Balaban J connectivity index is 1.32. The highest BCUT2D eigenvalue weighted by Gasteiger charge is 2.37. The van der Waals surface area contributed by atoms with E-state index < -0.39 is 8.25 Å². The molecular formula is C25H32BNO3P+. The van der Waals surface area contributed by atoms with E-state index in [1.807, 2.05) is 12.1 Å². The van der Waals surface area contributed by atoms with E-state index in [-0.39, 0.29) is 12.1 Å². The number of aryl methyl sites for hydroxylation is 2. The zero-order valence-electron chi connectivity index (χ0n) is 18.1. The maximum Gasteiger partial charge on any atom is 0.694 e. The molecule has 1 fully saturated rings. The summed E-state index contributed by atoms with van der Waals surface area (Å²) in [4.78, 5) is 8.82. The second-order valence-corrected chi connectivity index (χ2v) is 10.3. The first-order valence-corrected chi connectivity index (χ1v) is 12.6. The average molecular weight is 436 g/mol. The van der Waals surface area contributed by atoms with Gasteiger partial charge in [0.1, 0.15) is 14.5 Å². The van der Waals surface area contributed by atoms with Crippen LogP contribution in [-0.2, 0) is 28.4 Å². The summed E-state index contributed by atoms with van der Waals surface area (Å²) in [6.45, 7) is 0.246. The Kier molecular flexibility index (Phi) is 7.28. The van der Waals surface area contributed by atoms with Crippen LogP contribution in [0.4, 0.5) is 0 Å². The Labute approximate surface area is 187 Å². The van der Waals surface area contributed by atoms with Crippen LogP contribution in [0.3, 0.4) is 0 Å². The second kappa shape index (κ2) is 9.96. The lowest BCUT2D eigenvalue weighted by atomic mass is 9.79. The molecule has 2 aromatic rings. The minimum absolute atomic E-state index is 0.246. The summed E-state index contributed by atoms with van der Waals surface area (Å²) in [5, 5.41) is 0. The fourth-order valence-corrected chi connectivity index (χ4v) is 5.71. The van der Waals surface area contributed by atoms with Crippen molar-refractivity contribution < 1.29 is 14.0 Å². The van der Waals surface area contributed by atoms with Crippen molar-refractivity contribution in [3.05, 3.63) is 64.7 Å². The third-order valence-corrected chi connectivity index (χ3v) is 7.67. The van der Waals surface area contributed by atoms with Gasteiger partial charge in [-0.25, -0.2) is 0 Å². The van der Waals surface area contributed by atoms with Crippen LogP contribution >= 0.6 is 8.25 Å². The molecule has 162 valence electrons. The van der Waals surface area contributed by atoms with Gasteiger partial charge in [-0.3, -0.25) is 0 Å². The first-order valence-electron chi connectivity index (χ1n) is 11.4. The molecule has 0 heterocycles. The topological polar surface area (TPSA) is 72.5 Å². The quantitative estimate of drug-likeness (QED) is 0.480. The fourth-order valence-electron chi connectivity index (χ4n) is 5.47. The lowest BCUT2D eigenvalue weighted by molar-refractivity contribution is 0.240. The van der Waals surface area contributed by atoms with Crippen LogP contribution in [0.25, 0.3) is 0 Å². The maximum absolute atomic E-state index is 10.7. The highest BCUT2D eigenvalue weighted by Crippen LogP contribution is 2.42. The Morgan fingerprint density at radius 2 is 2.06 bits per heavy atom. The van der Waals surface area contributed by atoms with E-state index in [4.69, 9.17) is 23.0 Å².